The average molecular weight is 327 g/mol. The van der Waals surface area contributed by atoms with Gasteiger partial charge in [0, 0.05) is 39.9 Å². The number of fused-ring (bicyclic) bond motifs is 1. The van der Waals surface area contributed by atoms with Crippen LogP contribution in [-0.2, 0) is 0 Å². The molecule has 4 heteroatoms. The van der Waals surface area contributed by atoms with Crippen LogP contribution in [0.5, 0.6) is 0 Å². The fourth-order valence-electron chi connectivity index (χ4n) is 3.07. The fraction of sp³-hybridized carbons (Fsp3) is 0.474. The number of aryl methyl sites for hydroxylation is 1. The molecule has 0 N–H and O–H groups in total. The van der Waals surface area contributed by atoms with E-state index in [2.05, 4.69) is 80.4 Å². The standard InChI is InChI=1S/C19H29N2P.B/c1-6-20(7-2)22(21(8-3)9-4)19-16(5)14-15-17-12-10-11-13-18(17)19;/h10-15H,6-9H2,1-5H3;. The molecule has 0 saturated carbocycles. The Morgan fingerprint density at radius 1 is 0.783 bits per heavy atom. The van der Waals surface area contributed by atoms with Crippen LogP contribution in [0.2, 0.25) is 0 Å². The Bertz CT molecular complexity index is 597. The highest BCUT2D eigenvalue weighted by Gasteiger charge is 2.26. The molecule has 0 saturated heterocycles. The Morgan fingerprint density at radius 3 is 1.83 bits per heavy atom. The summed E-state index contributed by atoms with van der Waals surface area (Å²) in [5.41, 5.74) is 1.42. The number of rotatable bonds is 7. The second-order valence-electron chi connectivity index (χ2n) is 5.52. The van der Waals surface area contributed by atoms with E-state index in [0.717, 1.165) is 26.2 Å². The van der Waals surface area contributed by atoms with Gasteiger partial charge in [-0.2, -0.15) is 0 Å². The number of hydrogen-bond donors (Lipinski definition) is 0. The van der Waals surface area contributed by atoms with Crippen LogP contribution in [0.25, 0.3) is 10.8 Å². The molecule has 0 bridgehead atoms. The molecular weight excluding hydrogens is 298 g/mol. The first-order chi connectivity index (χ1) is 10.7. The van der Waals surface area contributed by atoms with E-state index in [0.29, 0.717) is 0 Å². The van der Waals surface area contributed by atoms with Gasteiger partial charge in [0.05, 0.1) is 8.22 Å². The topological polar surface area (TPSA) is 6.48 Å². The Hall–Kier alpha value is -0.885. The van der Waals surface area contributed by atoms with E-state index in [1.54, 1.807) is 5.30 Å². The van der Waals surface area contributed by atoms with Crippen LogP contribution < -0.4 is 5.30 Å². The molecule has 2 aromatic rings. The molecule has 2 aromatic carbocycles. The highest BCUT2D eigenvalue weighted by atomic mass is 31.1. The second-order valence-corrected chi connectivity index (χ2v) is 7.68. The molecule has 3 radical (unpaired) electrons. The normalized spacial score (nSPS) is 11.5. The van der Waals surface area contributed by atoms with Crippen molar-refractivity contribution in [2.24, 2.45) is 0 Å². The van der Waals surface area contributed by atoms with E-state index in [-0.39, 0.29) is 8.41 Å². The number of nitrogens with zero attached hydrogens (tertiary/aromatic N) is 2. The minimum Gasteiger partial charge on any atom is -0.267 e. The summed E-state index contributed by atoms with van der Waals surface area (Å²) in [4.78, 5) is 0. The first kappa shape index (κ1) is 20.2. The summed E-state index contributed by atoms with van der Waals surface area (Å²) in [5.74, 6) is 0. The lowest BCUT2D eigenvalue weighted by molar-refractivity contribution is 0.430. The Balaban J connectivity index is 0.00000264. The minimum absolute atomic E-state index is 0. The molecule has 0 atom stereocenters. The van der Waals surface area contributed by atoms with Crippen molar-refractivity contribution in [1.29, 1.82) is 0 Å². The molecule has 23 heavy (non-hydrogen) atoms. The summed E-state index contributed by atoms with van der Waals surface area (Å²) in [7, 11) is -0.437. The van der Waals surface area contributed by atoms with Crippen molar-refractivity contribution in [2.45, 2.75) is 34.6 Å². The highest BCUT2D eigenvalue weighted by molar-refractivity contribution is 7.61. The van der Waals surface area contributed by atoms with Gasteiger partial charge in [0.2, 0.25) is 0 Å². The van der Waals surface area contributed by atoms with Gasteiger partial charge in [-0.25, -0.2) is 0 Å². The molecule has 0 amide bonds. The van der Waals surface area contributed by atoms with Crippen LogP contribution in [0.15, 0.2) is 36.4 Å². The largest absolute Gasteiger partial charge is 0.267 e. The van der Waals surface area contributed by atoms with Gasteiger partial charge in [-0.05, 0) is 23.3 Å². The van der Waals surface area contributed by atoms with Gasteiger partial charge in [-0.3, -0.25) is 9.34 Å². The molecule has 0 aromatic heterocycles. The van der Waals surface area contributed by atoms with Gasteiger partial charge in [-0.15, -0.1) is 0 Å². The van der Waals surface area contributed by atoms with Crippen molar-refractivity contribution >= 4 is 32.7 Å². The van der Waals surface area contributed by atoms with Crippen molar-refractivity contribution in [2.75, 3.05) is 26.2 Å². The lowest BCUT2D eigenvalue weighted by atomic mass is 10.1. The lowest BCUT2D eigenvalue weighted by Gasteiger charge is -2.39. The zero-order valence-corrected chi connectivity index (χ0v) is 16.1. The van der Waals surface area contributed by atoms with Crippen LogP contribution >= 0.6 is 8.22 Å². The van der Waals surface area contributed by atoms with Gasteiger partial charge < -0.3 is 0 Å². The van der Waals surface area contributed by atoms with Gasteiger partial charge in [0.25, 0.3) is 0 Å². The summed E-state index contributed by atoms with van der Waals surface area (Å²) >= 11 is 0. The summed E-state index contributed by atoms with van der Waals surface area (Å²) in [6, 6.07) is 13.4. The summed E-state index contributed by atoms with van der Waals surface area (Å²) in [6.07, 6.45) is 0. The number of benzene rings is 2. The third kappa shape index (κ3) is 4.15. The van der Waals surface area contributed by atoms with Crippen molar-refractivity contribution in [3.8, 4) is 0 Å². The van der Waals surface area contributed by atoms with E-state index in [1.807, 2.05) is 0 Å². The Labute approximate surface area is 145 Å². The molecule has 0 unspecified atom stereocenters. The van der Waals surface area contributed by atoms with Crippen LogP contribution in [0.1, 0.15) is 33.3 Å². The van der Waals surface area contributed by atoms with Crippen molar-refractivity contribution in [3.05, 3.63) is 42.0 Å². The van der Waals surface area contributed by atoms with Crippen LogP contribution in [0, 0.1) is 6.92 Å². The SMILES string of the molecule is CCN(CC)P(c1c(C)ccc2ccccc12)N(CC)CC.[B]. The van der Waals surface area contributed by atoms with Gasteiger partial charge in [0.15, 0.2) is 0 Å². The van der Waals surface area contributed by atoms with E-state index in [1.165, 1.54) is 16.3 Å². The zero-order valence-electron chi connectivity index (χ0n) is 15.2. The van der Waals surface area contributed by atoms with Crippen LogP contribution in [0.3, 0.4) is 0 Å². The second kappa shape index (κ2) is 9.42. The molecule has 123 valence electrons. The average Bonchev–Trinajstić information content (AvgIpc) is 2.56. The fourth-order valence-corrected chi connectivity index (χ4v) is 5.88. The van der Waals surface area contributed by atoms with Crippen molar-refractivity contribution in [3.63, 3.8) is 0 Å². The molecule has 0 aliphatic carbocycles. The molecular formula is C19H29BN2P. The zero-order chi connectivity index (χ0) is 16.1. The Kier molecular flexibility index (Phi) is 8.26. The van der Waals surface area contributed by atoms with Gasteiger partial charge in [0.1, 0.15) is 0 Å². The maximum Gasteiger partial charge on any atom is 0.0733 e. The van der Waals surface area contributed by atoms with Gasteiger partial charge in [-0.1, -0.05) is 64.1 Å². The molecule has 0 fully saturated rings. The van der Waals surface area contributed by atoms with Crippen molar-refractivity contribution in [1.82, 2.24) is 9.34 Å². The maximum atomic E-state index is 2.64. The van der Waals surface area contributed by atoms with E-state index in [4.69, 9.17) is 0 Å². The van der Waals surface area contributed by atoms with E-state index >= 15 is 0 Å². The number of hydrogen-bond acceptors (Lipinski definition) is 2. The molecule has 0 aliphatic rings. The summed E-state index contributed by atoms with van der Waals surface area (Å²) in [5, 5.41) is 4.32. The van der Waals surface area contributed by atoms with E-state index in [9.17, 15) is 0 Å². The first-order valence-electron chi connectivity index (χ1n) is 8.45. The van der Waals surface area contributed by atoms with E-state index < -0.39 is 8.22 Å². The summed E-state index contributed by atoms with van der Waals surface area (Å²) in [6.45, 7) is 15.8. The Morgan fingerprint density at radius 2 is 1.30 bits per heavy atom. The maximum absolute atomic E-state index is 2.64. The lowest BCUT2D eigenvalue weighted by Crippen LogP contribution is -2.34. The van der Waals surface area contributed by atoms with Crippen molar-refractivity contribution < 1.29 is 0 Å². The minimum atomic E-state index is -0.437. The highest BCUT2D eigenvalue weighted by Crippen LogP contribution is 2.45. The third-order valence-electron chi connectivity index (χ3n) is 4.30. The molecule has 2 nitrogen and oxygen atoms in total. The molecule has 2 rings (SSSR count). The van der Waals surface area contributed by atoms with Crippen LogP contribution in [-0.4, -0.2) is 43.9 Å². The molecule has 0 spiro atoms. The molecule has 0 aliphatic heterocycles. The van der Waals surface area contributed by atoms with Gasteiger partial charge >= 0.3 is 0 Å². The third-order valence-corrected chi connectivity index (χ3v) is 7.49. The summed E-state index contributed by atoms with van der Waals surface area (Å²) < 4.78 is 5.27. The smallest absolute Gasteiger partial charge is 0.0733 e. The predicted octanol–water partition coefficient (Wildman–Crippen LogP) is 4.39. The first-order valence-corrected chi connectivity index (χ1v) is 9.70. The van der Waals surface area contributed by atoms with Crippen LogP contribution in [0.4, 0.5) is 0 Å². The quantitative estimate of drug-likeness (QED) is 0.550. The predicted molar refractivity (Wildman–Crippen MR) is 107 cm³/mol. The molecule has 0 heterocycles. The monoisotopic (exact) mass is 327 g/mol.